The highest BCUT2D eigenvalue weighted by Gasteiger charge is 2.43. The third kappa shape index (κ3) is 5.53. The minimum absolute atomic E-state index is 0.0948. The Hall–Kier alpha value is -2.46. The van der Waals surface area contributed by atoms with E-state index >= 15 is 0 Å². The Morgan fingerprint density at radius 1 is 0.923 bits per heavy atom. The Bertz CT molecular complexity index is 649. The van der Waals surface area contributed by atoms with Gasteiger partial charge in [-0.15, -0.1) is 0 Å². The van der Waals surface area contributed by atoms with Crippen LogP contribution in [0.2, 0.25) is 0 Å². The zero-order chi connectivity index (χ0) is 19.5. The molecule has 1 aliphatic heterocycles. The van der Waals surface area contributed by atoms with Crippen LogP contribution in [0.25, 0.3) is 0 Å². The number of hydrogen-bond donors (Lipinski definition) is 1. The smallest absolute Gasteiger partial charge is 0.368 e. The van der Waals surface area contributed by atoms with Crippen LogP contribution in [-0.2, 0) is 9.59 Å². The molecule has 0 atom stereocenters. The number of nitrogens with zero attached hydrogens (tertiary/aromatic N) is 2. The molecule has 0 radical (unpaired) electrons. The third-order valence-corrected chi connectivity index (χ3v) is 3.69. The molecule has 2 amide bonds. The highest BCUT2D eigenvalue weighted by molar-refractivity contribution is 5.91. The van der Waals surface area contributed by atoms with Crippen molar-refractivity contribution in [1.82, 2.24) is 4.90 Å². The molecule has 26 heavy (non-hydrogen) atoms. The Morgan fingerprint density at radius 3 is 1.92 bits per heavy atom. The number of alkyl halides is 6. The van der Waals surface area contributed by atoms with Crippen LogP contribution in [0.1, 0.15) is 6.42 Å². The predicted octanol–water partition coefficient (Wildman–Crippen LogP) is 2.79. The Morgan fingerprint density at radius 2 is 1.46 bits per heavy atom. The van der Waals surface area contributed by atoms with Gasteiger partial charge >= 0.3 is 18.3 Å². The lowest BCUT2D eigenvalue weighted by Gasteiger charge is -2.36. The van der Waals surface area contributed by atoms with Gasteiger partial charge in [0.25, 0.3) is 0 Å². The number of amides is 2. The van der Waals surface area contributed by atoms with Gasteiger partial charge in [0.15, 0.2) is 0 Å². The molecule has 1 aliphatic rings. The number of nitrogens with one attached hydrogen (secondary N) is 1. The lowest BCUT2D eigenvalue weighted by atomic mass is 10.2. The lowest BCUT2D eigenvalue weighted by Crippen LogP contribution is -2.52. The molecule has 1 aromatic carbocycles. The summed E-state index contributed by atoms with van der Waals surface area (Å²) >= 11 is 0. The van der Waals surface area contributed by atoms with E-state index in [4.69, 9.17) is 0 Å². The van der Waals surface area contributed by atoms with E-state index in [9.17, 15) is 35.9 Å². The van der Waals surface area contributed by atoms with Crippen molar-refractivity contribution in [3.8, 4) is 0 Å². The molecule has 144 valence electrons. The first-order valence-corrected chi connectivity index (χ1v) is 7.53. The maximum Gasteiger partial charge on any atom is 0.471 e. The fourth-order valence-electron chi connectivity index (χ4n) is 2.49. The molecule has 1 heterocycles. The summed E-state index contributed by atoms with van der Waals surface area (Å²) in [6, 6.07) is 5.86. The van der Waals surface area contributed by atoms with Crippen molar-refractivity contribution >= 4 is 23.2 Å². The van der Waals surface area contributed by atoms with Gasteiger partial charge in [0.2, 0.25) is 5.91 Å². The minimum Gasteiger partial charge on any atom is -0.368 e. The molecule has 1 fully saturated rings. The normalized spacial score (nSPS) is 15.8. The van der Waals surface area contributed by atoms with Crippen molar-refractivity contribution in [1.29, 1.82) is 0 Å². The van der Waals surface area contributed by atoms with Gasteiger partial charge in [-0.1, -0.05) is 0 Å². The first kappa shape index (κ1) is 19.9. The number of rotatable bonds is 3. The number of piperazine rings is 1. The van der Waals surface area contributed by atoms with Crippen molar-refractivity contribution < 1.29 is 35.9 Å². The topological polar surface area (TPSA) is 52.7 Å². The summed E-state index contributed by atoms with van der Waals surface area (Å²) < 4.78 is 73.5. The second kappa shape index (κ2) is 7.42. The van der Waals surface area contributed by atoms with E-state index in [1.165, 1.54) is 24.3 Å². The van der Waals surface area contributed by atoms with Crippen LogP contribution in [0.4, 0.5) is 37.7 Å². The van der Waals surface area contributed by atoms with E-state index in [0.717, 1.165) is 4.90 Å². The molecule has 1 saturated heterocycles. The highest BCUT2D eigenvalue weighted by Crippen LogP contribution is 2.24. The minimum atomic E-state index is -4.90. The fraction of sp³-hybridized carbons (Fsp3) is 0.467. The van der Waals surface area contributed by atoms with Crippen LogP contribution in [-0.4, -0.2) is 55.2 Å². The molecule has 11 heteroatoms. The van der Waals surface area contributed by atoms with Gasteiger partial charge in [0.1, 0.15) is 6.42 Å². The first-order valence-electron chi connectivity index (χ1n) is 7.53. The maximum absolute atomic E-state index is 12.4. The van der Waals surface area contributed by atoms with Crippen LogP contribution < -0.4 is 10.2 Å². The van der Waals surface area contributed by atoms with Crippen molar-refractivity contribution in [2.45, 2.75) is 18.8 Å². The lowest BCUT2D eigenvalue weighted by molar-refractivity contribution is -0.185. The Kier molecular flexibility index (Phi) is 5.67. The van der Waals surface area contributed by atoms with Crippen LogP contribution in [0.5, 0.6) is 0 Å². The predicted molar refractivity (Wildman–Crippen MR) is 80.6 cm³/mol. The van der Waals surface area contributed by atoms with Gasteiger partial charge in [0.05, 0.1) is 0 Å². The van der Waals surface area contributed by atoms with Crippen molar-refractivity contribution in [3.63, 3.8) is 0 Å². The summed E-state index contributed by atoms with van der Waals surface area (Å²) in [6.45, 7) is 0.175. The second-order valence-corrected chi connectivity index (χ2v) is 5.66. The molecule has 0 bridgehead atoms. The van der Waals surface area contributed by atoms with Crippen LogP contribution in [0.3, 0.4) is 0 Å². The van der Waals surface area contributed by atoms with Crippen LogP contribution in [0.15, 0.2) is 24.3 Å². The van der Waals surface area contributed by atoms with E-state index in [1.807, 2.05) is 0 Å². The van der Waals surface area contributed by atoms with Gasteiger partial charge in [-0.25, -0.2) is 0 Å². The molecule has 0 aromatic heterocycles. The van der Waals surface area contributed by atoms with E-state index in [2.05, 4.69) is 5.32 Å². The van der Waals surface area contributed by atoms with E-state index in [-0.39, 0.29) is 31.9 Å². The summed E-state index contributed by atoms with van der Waals surface area (Å²) in [5, 5.41) is 2.11. The Balaban J connectivity index is 1.90. The largest absolute Gasteiger partial charge is 0.471 e. The average Bonchev–Trinajstić information content (AvgIpc) is 2.52. The SMILES string of the molecule is O=C(CC(F)(F)F)Nc1ccc(N2CCN(C(=O)C(F)(F)F)CC2)cc1. The molecule has 1 N–H and O–H groups in total. The van der Waals surface area contributed by atoms with Crippen LogP contribution in [0, 0.1) is 0 Å². The monoisotopic (exact) mass is 383 g/mol. The quantitative estimate of drug-likeness (QED) is 0.817. The molecule has 1 aromatic rings. The van der Waals surface area contributed by atoms with Gasteiger partial charge in [-0.05, 0) is 24.3 Å². The number of hydrogen-bond acceptors (Lipinski definition) is 3. The summed E-state index contributed by atoms with van der Waals surface area (Å²) in [5.74, 6) is -3.07. The van der Waals surface area contributed by atoms with E-state index in [1.54, 1.807) is 4.90 Å². The molecule has 0 saturated carbocycles. The molecule has 0 unspecified atom stereocenters. The standard InChI is InChI=1S/C15H15F6N3O2/c16-14(17,18)9-12(25)22-10-1-3-11(4-2-10)23-5-7-24(8-6-23)13(26)15(19,20)21/h1-4H,5-9H2,(H,22,25). The number of carbonyl (C=O) groups excluding carboxylic acids is 2. The first-order chi connectivity index (χ1) is 12.0. The number of halogens is 6. The van der Waals surface area contributed by atoms with Crippen LogP contribution >= 0.6 is 0 Å². The molecular formula is C15H15F6N3O2. The van der Waals surface area contributed by atoms with E-state index < -0.39 is 30.6 Å². The summed E-state index contributed by atoms with van der Waals surface area (Å²) in [4.78, 5) is 24.9. The Labute approximate surface area is 144 Å². The van der Waals surface area contributed by atoms with E-state index in [0.29, 0.717) is 5.69 Å². The zero-order valence-electron chi connectivity index (χ0n) is 13.3. The average molecular weight is 383 g/mol. The van der Waals surface area contributed by atoms with Gasteiger partial charge in [-0.3, -0.25) is 9.59 Å². The number of carbonyl (C=O) groups is 2. The molecule has 0 aliphatic carbocycles. The van der Waals surface area contributed by atoms with Crippen molar-refractivity contribution in [2.24, 2.45) is 0 Å². The van der Waals surface area contributed by atoms with Crippen molar-refractivity contribution in [2.75, 3.05) is 36.4 Å². The summed E-state index contributed by atoms with van der Waals surface area (Å²) in [5.41, 5.74) is 0.798. The highest BCUT2D eigenvalue weighted by atomic mass is 19.4. The van der Waals surface area contributed by atoms with Gasteiger partial charge in [0, 0.05) is 37.6 Å². The number of anilines is 2. The second-order valence-electron chi connectivity index (χ2n) is 5.66. The molecule has 5 nitrogen and oxygen atoms in total. The van der Waals surface area contributed by atoms with Gasteiger partial charge in [-0.2, -0.15) is 26.3 Å². The summed E-state index contributed by atoms with van der Waals surface area (Å²) in [7, 11) is 0. The number of benzene rings is 1. The summed E-state index contributed by atoms with van der Waals surface area (Å²) in [6.07, 6.45) is -11.1. The van der Waals surface area contributed by atoms with Gasteiger partial charge < -0.3 is 15.1 Å². The molecule has 0 spiro atoms. The zero-order valence-corrected chi connectivity index (χ0v) is 13.3. The molecular weight excluding hydrogens is 368 g/mol. The maximum atomic E-state index is 12.4. The fourth-order valence-corrected chi connectivity index (χ4v) is 2.49. The van der Waals surface area contributed by atoms with Crippen molar-refractivity contribution in [3.05, 3.63) is 24.3 Å². The third-order valence-electron chi connectivity index (χ3n) is 3.69. The molecule has 2 rings (SSSR count).